The number of nitrogen functional groups attached to an aromatic ring is 1. The lowest BCUT2D eigenvalue weighted by Gasteiger charge is -2.14. The molecule has 2 heterocycles. The fourth-order valence-electron chi connectivity index (χ4n) is 1.55. The number of hydrogen-bond donors (Lipinski definition) is 3. The van der Waals surface area contributed by atoms with Gasteiger partial charge in [-0.15, -0.1) is 0 Å². The number of nitrogens with zero attached hydrogens (tertiary/aromatic N) is 4. The fraction of sp³-hybridized carbons (Fsp3) is 0.444. The molecule has 9 nitrogen and oxygen atoms in total. The van der Waals surface area contributed by atoms with Crippen LogP contribution in [0.15, 0.2) is 12.7 Å². The summed E-state index contributed by atoms with van der Waals surface area (Å²) in [5, 5.41) is 9.83. The van der Waals surface area contributed by atoms with Crippen LogP contribution in [0.5, 0.6) is 0 Å². The van der Waals surface area contributed by atoms with E-state index in [0.29, 0.717) is 11.2 Å². The van der Waals surface area contributed by atoms with Crippen LogP contribution in [0.4, 0.5) is 5.82 Å². The second-order valence-electron chi connectivity index (χ2n) is 4.03. The molecule has 0 aliphatic carbocycles. The molecule has 11 heteroatoms. The van der Waals surface area contributed by atoms with E-state index < -0.39 is 13.7 Å². The Bertz CT molecular complexity index is 650. The highest BCUT2D eigenvalue weighted by Crippen LogP contribution is 2.43. The highest BCUT2D eigenvalue weighted by atomic mass is 127. The summed E-state index contributed by atoms with van der Waals surface area (Å²) >= 11 is 1.75. The largest absolute Gasteiger partial charge is 0.389 e. The molecule has 2 aromatic rings. The molecule has 0 spiro atoms. The Hall–Kier alpha value is -0.810. The van der Waals surface area contributed by atoms with Gasteiger partial charge < -0.3 is 24.8 Å². The minimum atomic E-state index is -3.62. The minimum Gasteiger partial charge on any atom is -0.389 e. The van der Waals surface area contributed by atoms with Crippen molar-refractivity contribution in [3.8, 4) is 0 Å². The molecule has 0 fully saturated rings. The Labute approximate surface area is 127 Å². The lowest BCUT2D eigenvalue weighted by Crippen LogP contribution is -2.21. The van der Waals surface area contributed by atoms with Crippen LogP contribution >= 0.6 is 30.2 Å². The number of aromatic nitrogens is 4. The number of hydrogen-bond acceptors (Lipinski definition) is 7. The van der Waals surface area contributed by atoms with E-state index in [1.165, 1.54) is 12.7 Å². The van der Waals surface area contributed by atoms with Crippen LogP contribution in [0.1, 0.15) is 0 Å². The van der Waals surface area contributed by atoms with Crippen LogP contribution in [-0.2, 0) is 15.6 Å². The first-order valence-corrected chi connectivity index (χ1v) is 8.83. The molecule has 20 heavy (non-hydrogen) atoms. The van der Waals surface area contributed by atoms with E-state index in [1.807, 2.05) is 0 Å². The van der Waals surface area contributed by atoms with Crippen molar-refractivity contribution in [1.82, 2.24) is 19.5 Å². The molecule has 0 bridgehead atoms. The highest BCUT2D eigenvalue weighted by molar-refractivity contribution is 14.1. The predicted octanol–water partition coefficient (Wildman–Crippen LogP) is 0.364. The minimum absolute atomic E-state index is 0.0325. The normalized spacial score (nSPS) is 16.1. The molecule has 0 aromatic carbocycles. The number of halogens is 1. The molecule has 2 aromatic heterocycles. The van der Waals surface area contributed by atoms with Gasteiger partial charge in [0.15, 0.2) is 11.5 Å². The van der Waals surface area contributed by atoms with Gasteiger partial charge >= 0.3 is 7.60 Å². The average Bonchev–Trinajstić information content (AvgIpc) is 2.82. The second-order valence-corrected chi connectivity index (χ2v) is 7.85. The number of rotatable bonds is 6. The fourth-order valence-corrected chi connectivity index (χ4v) is 2.61. The van der Waals surface area contributed by atoms with Gasteiger partial charge in [-0.25, -0.2) is 15.0 Å². The van der Waals surface area contributed by atoms with E-state index in [2.05, 4.69) is 15.0 Å². The molecule has 2 atom stereocenters. The van der Waals surface area contributed by atoms with Crippen molar-refractivity contribution < 1.29 is 19.1 Å². The summed E-state index contributed by atoms with van der Waals surface area (Å²) in [6.45, 7) is -0.134. The Kier molecular flexibility index (Phi) is 4.91. The molecule has 0 saturated heterocycles. The van der Waals surface area contributed by atoms with Crippen LogP contribution in [0.2, 0.25) is 0 Å². The summed E-state index contributed by atoms with van der Waals surface area (Å²) < 4.78 is 17.6. The average molecular weight is 413 g/mol. The number of alkyl halides is 1. The summed E-state index contributed by atoms with van der Waals surface area (Å²) in [7, 11) is -3.62. The van der Waals surface area contributed by atoms with Crippen LogP contribution in [0.25, 0.3) is 11.2 Å². The van der Waals surface area contributed by atoms with Crippen molar-refractivity contribution in [2.75, 3.05) is 16.5 Å². The van der Waals surface area contributed by atoms with Gasteiger partial charge in [0.2, 0.25) is 0 Å². The standard InChI is InChI=1S/C9H13IN5O4P/c10-3-20(17,18)19-2-6(16)1-15-5-14-7-8(11)12-4-13-9(7)15/h4-6,16H,1-3H2,(H,17,18)(H2,11,12,13)/t6-/m1/s1. The second kappa shape index (κ2) is 6.31. The summed E-state index contributed by atoms with van der Waals surface area (Å²) in [6, 6.07) is 0. The summed E-state index contributed by atoms with van der Waals surface area (Å²) in [4.78, 5) is 21.2. The molecular formula is C9H13IN5O4P. The van der Waals surface area contributed by atoms with Gasteiger partial charge in [0.1, 0.15) is 16.0 Å². The highest BCUT2D eigenvalue weighted by Gasteiger charge is 2.20. The zero-order chi connectivity index (χ0) is 14.8. The maximum absolute atomic E-state index is 11.3. The maximum Gasteiger partial charge on any atom is 0.337 e. The monoisotopic (exact) mass is 413 g/mol. The van der Waals surface area contributed by atoms with Crippen molar-refractivity contribution in [2.24, 2.45) is 0 Å². The molecule has 0 saturated carbocycles. The first kappa shape index (κ1) is 15.6. The number of anilines is 1. The number of aliphatic hydroxyl groups excluding tert-OH is 1. The Morgan fingerprint density at radius 3 is 2.95 bits per heavy atom. The van der Waals surface area contributed by atoms with E-state index in [9.17, 15) is 14.6 Å². The van der Waals surface area contributed by atoms with Gasteiger partial charge in [0, 0.05) is 0 Å². The summed E-state index contributed by atoms with van der Waals surface area (Å²) in [5.74, 6) is 0.254. The van der Waals surface area contributed by atoms with E-state index in [-0.39, 0.29) is 23.1 Å². The van der Waals surface area contributed by atoms with Gasteiger partial charge in [-0.3, -0.25) is 4.57 Å². The Morgan fingerprint density at radius 2 is 2.25 bits per heavy atom. The molecule has 4 N–H and O–H groups in total. The molecule has 0 amide bonds. The first-order chi connectivity index (χ1) is 9.43. The van der Waals surface area contributed by atoms with Crippen molar-refractivity contribution in [3.05, 3.63) is 12.7 Å². The summed E-state index contributed by atoms with van der Waals surface area (Å²) in [6.07, 6.45) is 1.80. The van der Waals surface area contributed by atoms with Crippen LogP contribution < -0.4 is 5.73 Å². The summed E-state index contributed by atoms with van der Waals surface area (Å²) in [5.41, 5.74) is 6.58. The lowest BCUT2D eigenvalue weighted by atomic mass is 10.4. The van der Waals surface area contributed by atoms with E-state index in [4.69, 9.17) is 10.3 Å². The van der Waals surface area contributed by atoms with Crippen molar-refractivity contribution >= 4 is 47.2 Å². The van der Waals surface area contributed by atoms with Crippen molar-refractivity contribution in [1.29, 1.82) is 0 Å². The third kappa shape index (κ3) is 3.64. The molecule has 0 radical (unpaired) electrons. The van der Waals surface area contributed by atoms with Crippen molar-refractivity contribution in [2.45, 2.75) is 12.6 Å². The zero-order valence-corrected chi connectivity index (χ0v) is 13.3. The zero-order valence-electron chi connectivity index (χ0n) is 10.3. The maximum atomic E-state index is 11.3. The molecule has 0 aliphatic rings. The molecule has 0 aliphatic heterocycles. The van der Waals surface area contributed by atoms with E-state index in [0.717, 1.165) is 0 Å². The van der Waals surface area contributed by atoms with Crippen LogP contribution in [-0.4, -0.2) is 46.4 Å². The van der Waals surface area contributed by atoms with E-state index in [1.54, 1.807) is 27.2 Å². The Balaban J connectivity index is 2.05. The number of aliphatic hydroxyl groups is 1. The lowest BCUT2D eigenvalue weighted by molar-refractivity contribution is 0.0874. The number of fused-ring (bicyclic) bond motifs is 1. The number of imidazole rings is 1. The van der Waals surface area contributed by atoms with Gasteiger partial charge in [-0.05, 0) is 0 Å². The quantitative estimate of drug-likeness (QED) is 0.351. The third-order valence-electron chi connectivity index (χ3n) is 2.46. The SMILES string of the molecule is Nc1ncnc2c1ncn2C[C@@H](O)COP(=O)(O)CI. The predicted molar refractivity (Wildman–Crippen MR) is 80.4 cm³/mol. The van der Waals surface area contributed by atoms with Crippen LogP contribution in [0.3, 0.4) is 0 Å². The number of nitrogens with two attached hydrogens (primary N) is 1. The molecule has 2 rings (SSSR count). The molecular weight excluding hydrogens is 400 g/mol. The third-order valence-corrected chi connectivity index (χ3v) is 5.90. The Morgan fingerprint density at radius 1 is 1.50 bits per heavy atom. The van der Waals surface area contributed by atoms with Gasteiger partial charge in [-0.2, -0.15) is 0 Å². The first-order valence-electron chi connectivity index (χ1n) is 5.54. The topological polar surface area (TPSA) is 136 Å². The molecule has 110 valence electrons. The van der Waals surface area contributed by atoms with Crippen molar-refractivity contribution in [3.63, 3.8) is 0 Å². The van der Waals surface area contributed by atoms with Crippen LogP contribution in [0, 0.1) is 0 Å². The molecule has 1 unspecified atom stereocenters. The van der Waals surface area contributed by atoms with Gasteiger partial charge in [-0.1, -0.05) is 22.6 Å². The van der Waals surface area contributed by atoms with Gasteiger partial charge in [0.25, 0.3) is 0 Å². The van der Waals surface area contributed by atoms with E-state index >= 15 is 0 Å². The van der Waals surface area contributed by atoms with Gasteiger partial charge in [0.05, 0.1) is 25.6 Å². The smallest absolute Gasteiger partial charge is 0.337 e.